The number of likely N-dealkylation sites (tertiary alicyclic amines) is 2. The Kier molecular flexibility index (Phi) is 8.45. The van der Waals surface area contributed by atoms with Crippen molar-refractivity contribution < 1.29 is 24.3 Å². The number of hydrogen-bond donors (Lipinski definition) is 4. The second-order valence-corrected chi connectivity index (χ2v) is 13.8. The lowest BCUT2D eigenvalue weighted by atomic mass is 9.78. The fourth-order valence-electron chi connectivity index (χ4n) is 7.38. The minimum absolute atomic E-state index is 0.00763. The molecule has 3 amide bonds. The predicted molar refractivity (Wildman–Crippen MR) is 155 cm³/mol. The Morgan fingerprint density at radius 1 is 1.26 bits per heavy atom. The molecule has 0 aliphatic carbocycles. The van der Waals surface area contributed by atoms with Gasteiger partial charge in [0.15, 0.2) is 0 Å². The number of fused-ring (bicyclic) bond motifs is 1. The maximum atomic E-state index is 13.4. The normalized spacial score (nSPS) is 30.7. The molecule has 6 rings (SSSR count). The van der Waals surface area contributed by atoms with Gasteiger partial charge in [0.25, 0.3) is 0 Å². The lowest BCUT2D eigenvalue weighted by Crippen LogP contribution is -2.66. The van der Waals surface area contributed by atoms with Gasteiger partial charge in [-0.15, -0.1) is 16.9 Å². The average Bonchev–Trinajstić information content (AvgIpc) is 3.68. The van der Waals surface area contributed by atoms with Gasteiger partial charge in [-0.05, 0) is 49.1 Å². The zero-order valence-corrected chi connectivity index (χ0v) is 25.3. The summed E-state index contributed by atoms with van der Waals surface area (Å²) in [5.41, 5.74) is 5.79. The first-order valence-corrected chi connectivity index (χ1v) is 16.0. The molecule has 1 aromatic heterocycles. The second-order valence-electron chi connectivity index (χ2n) is 12.4. The number of β-lactam (4-membered cyclic amide) rings is 1. The fourth-order valence-corrected chi connectivity index (χ4v) is 8.85. The van der Waals surface area contributed by atoms with Crippen molar-refractivity contribution in [3.05, 3.63) is 16.9 Å². The highest BCUT2D eigenvalue weighted by Gasteiger charge is 2.60. The Hall–Kier alpha value is -3.08. The van der Waals surface area contributed by atoms with Crippen LogP contribution in [0.15, 0.2) is 16.9 Å². The summed E-state index contributed by atoms with van der Waals surface area (Å²) in [5.74, 6) is -1.83. The first kappa shape index (κ1) is 30.0. The Balaban J connectivity index is 1.03. The molecule has 0 aromatic carbocycles. The topological polar surface area (TPSA) is 192 Å². The molecule has 0 bridgehead atoms. The number of piperidine rings is 1. The second kappa shape index (κ2) is 12.1. The number of nitrogens with one attached hydrogen (secondary N) is 2. The molecule has 0 radical (unpaired) electrons. The Bertz CT molecular complexity index is 1280. The zero-order valence-electron chi connectivity index (χ0n) is 24.5. The number of tetrazole rings is 1. The summed E-state index contributed by atoms with van der Waals surface area (Å²) in [6.07, 6.45) is 3.88. The number of rotatable bonds is 10. The van der Waals surface area contributed by atoms with Gasteiger partial charge in [0.05, 0.1) is 18.0 Å². The number of carboxylic acid groups (broad SMARTS) is 1. The molecule has 4 fully saturated rings. The molecule has 234 valence electrons. The Morgan fingerprint density at radius 2 is 2.00 bits per heavy atom. The van der Waals surface area contributed by atoms with Crippen LogP contribution in [0, 0.1) is 17.8 Å². The molecular formula is C27H40N10O5S. The molecule has 5 aliphatic rings. The number of aromatic nitrogens is 4. The van der Waals surface area contributed by atoms with Crippen molar-refractivity contribution in [2.45, 2.75) is 69.1 Å². The van der Waals surface area contributed by atoms with Gasteiger partial charge in [-0.2, -0.15) is 0 Å². The molecule has 5 N–H and O–H groups in total. The molecule has 0 spiro atoms. The van der Waals surface area contributed by atoms with E-state index in [1.807, 2.05) is 11.8 Å². The van der Waals surface area contributed by atoms with Crippen LogP contribution in [0.4, 0.5) is 0 Å². The summed E-state index contributed by atoms with van der Waals surface area (Å²) >= 11 is 1.47. The molecule has 43 heavy (non-hydrogen) atoms. The SMILES string of the molecule is CC(NC(=O)Cn1cnnn1)[C@H]1C(=O)N2C(C(=O)O)=C(S[C@@H]3CN[C@H](C(=O)N4CCC(N5CC(CN)C5)CC4)C3)[C@H](C)[C@H]12. The maximum Gasteiger partial charge on any atom is 0.353 e. The molecule has 0 saturated carbocycles. The molecule has 15 nitrogen and oxygen atoms in total. The summed E-state index contributed by atoms with van der Waals surface area (Å²) in [6.45, 7) is 8.56. The largest absolute Gasteiger partial charge is 0.477 e. The van der Waals surface area contributed by atoms with Crippen molar-refractivity contribution in [3.8, 4) is 0 Å². The molecule has 1 aromatic rings. The van der Waals surface area contributed by atoms with Crippen LogP contribution in [0.1, 0.15) is 33.1 Å². The number of amides is 3. The van der Waals surface area contributed by atoms with E-state index in [1.54, 1.807) is 6.92 Å². The summed E-state index contributed by atoms with van der Waals surface area (Å²) in [5, 5.41) is 27.0. The monoisotopic (exact) mass is 616 g/mol. The average molecular weight is 617 g/mol. The first-order chi connectivity index (χ1) is 20.7. The zero-order chi connectivity index (χ0) is 30.4. The van der Waals surface area contributed by atoms with Crippen molar-refractivity contribution in [2.75, 3.05) is 39.3 Å². The maximum absolute atomic E-state index is 13.4. The smallest absolute Gasteiger partial charge is 0.353 e. The number of carboxylic acids is 1. The van der Waals surface area contributed by atoms with Crippen LogP contribution in [0.25, 0.3) is 0 Å². The number of aliphatic carboxylic acids is 1. The third-order valence-electron chi connectivity index (χ3n) is 9.71. The van der Waals surface area contributed by atoms with Crippen LogP contribution in [-0.4, -0.2) is 132 Å². The van der Waals surface area contributed by atoms with E-state index < -0.39 is 17.9 Å². The highest BCUT2D eigenvalue weighted by molar-refractivity contribution is 8.03. The van der Waals surface area contributed by atoms with E-state index in [1.165, 1.54) is 27.7 Å². The van der Waals surface area contributed by atoms with Crippen molar-refractivity contribution in [1.29, 1.82) is 0 Å². The van der Waals surface area contributed by atoms with Gasteiger partial charge in [0.2, 0.25) is 17.7 Å². The van der Waals surface area contributed by atoms with E-state index >= 15 is 0 Å². The number of thioether (sulfide) groups is 1. The van der Waals surface area contributed by atoms with Crippen LogP contribution in [0.3, 0.4) is 0 Å². The number of carbonyl (C=O) groups excluding carboxylic acids is 3. The van der Waals surface area contributed by atoms with E-state index in [0.29, 0.717) is 29.8 Å². The minimum Gasteiger partial charge on any atom is -0.477 e. The van der Waals surface area contributed by atoms with Crippen LogP contribution >= 0.6 is 11.8 Å². The van der Waals surface area contributed by atoms with Gasteiger partial charge in [0.1, 0.15) is 18.6 Å². The molecule has 5 aliphatic heterocycles. The standard InChI is InChI=1S/C27H40N10O5S/c1-14-22-21(15(2)31-20(38)12-36-13-30-32-33-36)26(40)37(22)23(27(41)42)24(14)43-18-7-19(29-9-18)25(39)34-5-3-17(4-6-34)35-10-16(8-28)11-35/h13-19,21-22,29H,3-12,28H2,1-2H3,(H,31,38)(H,41,42)/t14-,15?,18+,19+,21-,22-/m1/s1. The lowest BCUT2D eigenvalue weighted by molar-refractivity contribution is -0.158. The quantitative estimate of drug-likeness (QED) is 0.218. The third kappa shape index (κ3) is 5.65. The van der Waals surface area contributed by atoms with Gasteiger partial charge in [-0.3, -0.25) is 19.3 Å². The molecular weight excluding hydrogens is 576 g/mol. The highest BCUT2D eigenvalue weighted by Crippen LogP contribution is 2.52. The summed E-state index contributed by atoms with van der Waals surface area (Å²) < 4.78 is 1.29. The number of hydrogen-bond acceptors (Lipinski definition) is 11. The first-order valence-electron chi connectivity index (χ1n) is 15.1. The Morgan fingerprint density at radius 3 is 2.65 bits per heavy atom. The van der Waals surface area contributed by atoms with Gasteiger partial charge >= 0.3 is 5.97 Å². The van der Waals surface area contributed by atoms with E-state index in [9.17, 15) is 24.3 Å². The lowest BCUT2D eigenvalue weighted by Gasteiger charge is -2.47. The van der Waals surface area contributed by atoms with Crippen LogP contribution in [0.2, 0.25) is 0 Å². The van der Waals surface area contributed by atoms with Crippen molar-refractivity contribution in [2.24, 2.45) is 23.5 Å². The van der Waals surface area contributed by atoms with E-state index in [-0.39, 0.29) is 53.2 Å². The summed E-state index contributed by atoms with van der Waals surface area (Å²) in [4.78, 5) is 57.9. The van der Waals surface area contributed by atoms with Gasteiger partial charge < -0.3 is 31.3 Å². The van der Waals surface area contributed by atoms with Gasteiger partial charge in [-0.25, -0.2) is 9.48 Å². The van der Waals surface area contributed by atoms with Crippen LogP contribution in [0.5, 0.6) is 0 Å². The molecule has 6 heterocycles. The predicted octanol–water partition coefficient (Wildman–Crippen LogP) is -1.70. The molecule has 4 saturated heterocycles. The summed E-state index contributed by atoms with van der Waals surface area (Å²) in [7, 11) is 0. The third-order valence-corrected chi connectivity index (χ3v) is 11.2. The van der Waals surface area contributed by atoms with Gasteiger partial charge in [0, 0.05) is 60.9 Å². The summed E-state index contributed by atoms with van der Waals surface area (Å²) in [6, 6.07) is -0.630. The van der Waals surface area contributed by atoms with Gasteiger partial charge in [-0.1, -0.05) is 6.92 Å². The van der Waals surface area contributed by atoms with E-state index in [0.717, 1.165) is 45.6 Å². The number of carbonyl (C=O) groups is 4. The van der Waals surface area contributed by atoms with Crippen molar-refractivity contribution in [3.63, 3.8) is 0 Å². The number of nitrogens with zero attached hydrogens (tertiary/aromatic N) is 7. The molecule has 6 atom stereocenters. The number of nitrogens with two attached hydrogens (primary N) is 1. The van der Waals surface area contributed by atoms with Crippen LogP contribution in [-0.2, 0) is 25.7 Å². The highest BCUT2D eigenvalue weighted by atomic mass is 32.2. The van der Waals surface area contributed by atoms with Crippen molar-refractivity contribution >= 4 is 35.5 Å². The van der Waals surface area contributed by atoms with Crippen LogP contribution < -0.4 is 16.4 Å². The van der Waals surface area contributed by atoms with Crippen molar-refractivity contribution in [1.82, 2.24) is 45.5 Å². The molecule has 16 heteroatoms. The van der Waals surface area contributed by atoms with E-state index in [2.05, 4.69) is 31.1 Å². The fraction of sp³-hybridized carbons (Fsp3) is 0.741. The van der Waals surface area contributed by atoms with E-state index in [4.69, 9.17) is 5.73 Å². The Labute approximate surface area is 253 Å². The minimum atomic E-state index is -1.14. The molecule has 1 unspecified atom stereocenters.